The largest absolute Gasteiger partial charge is 0.416 e. The maximum Gasteiger partial charge on any atom is 0.416 e. The average Bonchev–Trinajstić information content (AvgIpc) is 3.05. The second-order valence-corrected chi connectivity index (χ2v) is 8.11. The summed E-state index contributed by atoms with van der Waals surface area (Å²) in [6.07, 6.45) is 0.286. The summed E-state index contributed by atoms with van der Waals surface area (Å²) in [5, 5.41) is 4.07. The first-order chi connectivity index (χ1) is 15.1. The highest BCUT2D eigenvalue weighted by Gasteiger charge is 2.29. The van der Waals surface area contributed by atoms with Crippen molar-refractivity contribution in [3.8, 4) is 0 Å². The molecule has 0 saturated heterocycles. The lowest BCUT2D eigenvalue weighted by molar-refractivity contribution is -0.137. The van der Waals surface area contributed by atoms with E-state index in [9.17, 15) is 18.0 Å². The normalized spacial score (nSPS) is 11.7. The highest BCUT2D eigenvalue weighted by Crippen LogP contribution is 2.31. The van der Waals surface area contributed by atoms with Crippen LogP contribution < -0.4 is 5.32 Å². The van der Waals surface area contributed by atoms with E-state index in [2.05, 4.69) is 10.3 Å². The van der Waals surface area contributed by atoms with Crippen LogP contribution in [0.25, 0.3) is 10.9 Å². The van der Waals surface area contributed by atoms with Gasteiger partial charge in [0, 0.05) is 41.6 Å². The van der Waals surface area contributed by atoms with Crippen LogP contribution in [-0.4, -0.2) is 15.5 Å². The number of amides is 1. The molecule has 0 bridgehead atoms. The molecule has 0 aliphatic heterocycles. The van der Waals surface area contributed by atoms with Crippen LogP contribution in [0, 0.1) is 6.92 Å². The van der Waals surface area contributed by atoms with E-state index in [4.69, 9.17) is 23.2 Å². The second-order valence-electron chi connectivity index (χ2n) is 7.30. The van der Waals surface area contributed by atoms with Crippen molar-refractivity contribution in [1.82, 2.24) is 9.55 Å². The van der Waals surface area contributed by atoms with E-state index in [0.29, 0.717) is 17.7 Å². The molecule has 1 amide bonds. The first kappa shape index (κ1) is 22.2. The van der Waals surface area contributed by atoms with E-state index in [1.54, 1.807) is 12.1 Å². The van der Waals surface area contributed by atoms with Gasteiger partial charge in [-0.05, 0) is 42.3 Å². The molecule has 0 radical (unpaired) electrons. The molecule has 4 nitrogen and oxygen atoms in total. The summed E-state index contributed by atoms with van der Waals surface area (Å²) in [6.45, 7) is 2.29. The number of nitrogens with one attached hydrogen (secondary N) is 1. The van der Waals surface area contributed by atoms with Gasteiger partial charge in [-0.1, -0.05) is 41.4 Å². The highest BCUT2D eigenvalue weighted by atomic mass is 35.5. The second kappa shape index (κ2) is 8.48. The van der Waals surface area contributed by atoms with Gasteiger partial charge in [0.15, 0.2) is 0 Å². The Hall–Kier alpha value is -3.03. The SMILES string of the molecule is Cc1cn(Cc2ccc(C(F)(F)F)cc2)c2cc(C(=O)Nc3c(Cl)cncc3Cl)ccc12. The van der Waals surface area contributed by atoms with Crippen molar-refractivity contribution in [2.45, 2.75) is 19.6 Å². The number of hydrogen-bond donors (Lipinski definition) is 1. The van der Waals surface area contributed by atoms with Crippen LogP contribution in [0.5, 0.6) is 0 Å². The summed E-state index contributed by atoms with van der Waals surface area (Å²) >= 11 is 12.2. The van der Waals surface area contributed by atoms with Crippen LogP contribution in [0.3, 0.4) is 0 Å². The van der Waals surface area contributed by atoms with Gasteiger partial charge in [-0.2, -0.15) is 13.2 Å². The lowest BCUT2D eigenvalue weighted by Crippen LogP contribution is -2.13. The fourth-order valence-electron chi connectivity index (χ4n) is 3.46. The molecule has 4 rings (SSSR count). The number of alkyl halides is 3. The van der Waals surface area contributed by atoms with Crippen molar-refractivity contribution >= 4 is 45.7 Å². The molecule has 0 atom stereocenters. The van der Waals surface area contributed by atoms with Gasteiger partial charge in [0.1, 0.15) is 0 Å². The zero-order chi connectivity index (χ0) is 23.0. The number of aromatic nitrogens is 2. The van der Waals surface area contributed by atoms with Crippen LogP contribution in [0.15, 0.2) is 61.1 Å². The Bertz CT molecular complexity index is 1290. The average molecular weight is 478 g/mol. The highest BCUT2D eigenvalue weighted by molar-refractivity contribution is 6.39. The van der Waals surface area contributed by atoms with Gasteiger partial charge in [0.25, 0.3) is 5.91 Å². The first-order valence-corrected chi connectivity index (χ1v) is 10.2. The van der Waals surface area contributed by atoms with Gasteiger partial charge in [0.05, 0.1) is 21.3 Å². The molecule has 32 heavy (non-hydrogen) atoms. The van der Waals surface area contributed by atoms with Crippen molar-refractivity contribution in [2.24, 2.45) is 0 Å². The van der Waals surface area contributed by atoms with Crippen LogP contribution in [-0.2, 0) is 12.7 Å². The molecule has 164 valence electrons. The third-order valence-electron chi connectivity index (χ3n) is 5.07. The standard InChI is InChI=1S/C23H16Cl2F3N3O/c1-13-11-31(12-14-2-5-16(6-3-14)23(26,27)28)20-8-15(4-7-17(13)20)22(32)30-21-18(24)9-29-10-19(21)25/h2-11H,12H2,1H3,(H,29,30,32). The molecule has 0 aliphatic rings. The Kier molecular flexibility index (Phi) is 5.88. The topological polar surface area (TPSA) is 46.9 Å². The number of rotatable bonds is 4. The molecule has 0 unspecified atom stereocenters. The number of hydrogen-bond acceptors (Lipinski definition) is 2. The van der Waals surface area contributed by atoms with Crippen LogP contribution in [0.4, 0.5) is 18.9 Å². The molecule has 1 N–H and O–H groups in total. The lowest BCUT2D eigenvalue weighted by Gasteiger charge is -2.11. The summed E-state index contributed by atoms with van der Waals surface area (Å²) in [5.74, 6) is -0.401. The van der Waals surface area contributed by atoms with E-state index in [1.807, 2.05) is 23.8 Å². The summed E-state index contributed by atoms with van der Waals surface area (Å²) in [6, 6.07) is 10.3. The maximum atomic E-state index is 12.8. The zero-order valence-electron chi connectivity index (χ0n) is 16.7. The molecule has 0 saturated carbocycles. The predicted molar refractivity (Wildman–Crippen MR) is 119 cm³/mol. The van der Waals surface area contributed by atoms with Gasteiger partial charge in [-0.3, -0.25) is 9.78 Å². The van der Waals surface area contributed by atoms with E-state index >= 15 is 0 Å². The third kappa shape index (κ3) is 4.45. The fraction of sp³-hybridized carbons (Fsp3) is 0.130. The number of carbonyl (C=O) groups is 1. The van der Waals surface area contributed by atoms with Gasteiger partial charge in [-0.25, -0.2) is 0 Å². The van der Waals surface area contributed by atoms with Gasteiger partial charge >= 0.3 is 6.18 Å². The molecule has 0 spiro atoms. The molecule has 4 aromatic rings. The number of halogens is 5. The van der Waals surface area contributed by atoms with Crippen molar-refractivity contribution in [1.29, 1.82) is 0 Å². The number of carbonyl (C=O) groups excluding carboxylic acids is 1. The molecule has 2 aromatic heterocycles. The van der Waals surface area contributed by atoms with Crippen molar-refractivity contribution in [2.75, 3.05) is 5.32 Å². The number of benzene rings is 2. The minimum Gasteiger partial charge on any atom is -0.343 e. The summed E-state index contributed by atoms with van der Waals surface area (Å²) < 4.78 is 40.4. The smallest absolute Gasteiger partial charge is 0.343 e. The molecule has 0 aliphatic carbocycles. The number of pyridine rings is 1. The molecule has 9 heteroatoms. The van der Waals surface area contributed by atoms with E-state index in [0.717, 1.165) is 28.6 Å². The quantitative estimate of drug-likeness (QED) is 0.344. The Morgan fingerprint density at radius 1 is 1.06 bits per heavy atom. The monoisotopic (exact) mass is 477 g/mol. The van der Waals surface area contributed by atoms with Crippen molar-refractivity contribution < 1.29 is 18.0 Å². The fourth-order valence-corrected chi connectivity index (χ4v) is 3.92. The Labute approximate surface area is 191 Å². The number of aryl methyl sites for hydroxylation is 1. The summed E-state index contributed by atoms with van der Waals surface area (Å²) in [7, 11) is 0. The molecular weight excluding hydrogens is 462 g/mol. The number of anilines is 1. The van der Waals surface area contributed by atoms with Crippen LogP contribution in [0.2, 0.25) is 10.0 Å². The van der Waals surface area contributed by atoms with E-state index < -0.39 is 17.6 Å². The summed E-state index contributed by atoms with van der Waals surface area (Å²) in [4.78, 5) is 16.7. The number of fused-ring (bicyclic) bond motifs is 1. The van der Waals surface area contributed by atoms with Gasteiger partial charge in [0.2, 0.25) is 0 Å². The van der Waals surface area contributed by atoms with Gasteiger partial charge in [-0.15, -0.1) is 0 Å². The Morgan fingerprint density at radius 3 is 2.34 bits per heavy atom. The zero-order valence-corrected chi connectivity index (χ0v) is 18.2. The first-order valence-electron chi connectivity index (χ1n) is 9.49. The Morgan fingerprint density at radius 2 is 1.72 bits per heavy atom. The molecule has 2 aromatic carbocycles. The lowest BCUT2D eigenvalue weighted by atomic mass is 10.1. The van der Waals surface area contributed by atoms with Crippen molar-refractivity contribution in [3.05, 3.63) is 93.4 Å². The van der Waals surface area contributed by atoms with Gasteiger partial charge < -0.3 is 9.88 Å². The van der Waals surface area contributed by atoms with Crippen LogP contribution >= 0.6 is 23.2 Å². The summed E-state index contributed by atoms with van der Waals surface area (Å²) in [5.41, 5.74) is 2.43. The molecule has 2 heterocycles. The van der Waals surface area contributed by atoms with Crippen molar-refractivity contribution in [3.63, 3.8) is 0 Å². The minimum absolute atomic E-state index is 0.216. The van der Waals surface area contributed by atoms with E-state index in [1.165, 1.54) is 24.5 Å². The molecule has 0 fully saturated rings. The van der Waals surface area contributed by atoms with E-state index in [-0.39, 0.29) is 15.7 Å². The molecular formula is C23H16Cl2F3N3O. The number of nitrogens with zero attached hydrogens (tertiary/aromatic N) is 2. The van der Waals surface area contributed by atoms with Crippen LogP contribution in [0.1, 0.15) is 27.0 Å². The third-order valence-corrected chi connectivity index (χ3v) is 5.64. The minimum atomic E-state index is -4.38. The predicted octanol–water partition coefficient (Wildman–Crippen LogP) is 6.97. The Balaban J connectivity index is 1.64. The maximum absolute atomic E-state index is 12.8.